The Labute approximate surface area is 208 Å². The minimum atomic E-state index is -0.0453. The summed E-state index contributed by atoms with van der Waals surface area (Å²) in [5.41, 5.74) is 5.85. The van der Waals surface area contributed by atoms with Crippen molar-refractivity contribution in [2.45, 2.75) is 40.0 Å². The molecule has 3 rings (SSSR count). The summed E-state index contributed by atoms with van der Waals surface area (Å²) in [4.78, 5) is 19.9. The number of rotatable bonds is 10. The summed E-state index contributed by atoms with van der Waals surface area (Å²) in [5, 5.41) is 1.55. The molecule has 0 N–H and O–H groups in total. The summed E-state index contributed by atoms with van der Waals surface area (Å²) in [7, 11) is 0. The molecule has 176 valence electrons. The first-order valence-corrected chi connectivity index (χ1v) is 12.3. The van der Waals surface area contributed by atoms with Crippen LogP contribution in [0.1, 0.15) is 50.4 Å². The lowest BCUT2D eigenvalue weighted by Crippen LogP contribution is -2.34. The van der Waals surface area contributed by atoms with E-state index in [1.807, 2.05) is 60.4 Å². The molecule has 34 heavy (non-hydrogen) atoms. The van der Waals surface area contributed by atoms with E-state index in [-0.39, 0.29) is 5.91 Å². The van der Waals surface area contributed by atoms with Gasteiger partial charge in [-0.15, -0.1) is 0 Å². The summed E-state index contributed by atoms with van der Waals surface area (Å²) < 4.78 is 0. The van der Waals surface area contributed by atoms with Crippen molar-refractivity contribution >= 4 is 28.4 Å². The molecular weight excluding hydrogens is 440 g/mol. The summed E-state index contributed by atoms with van der Waals surface area (Å²) in [6.07, 6.45) is 10.4. The third-order valence-corrected chi connectivity index (χ3v) is 6.30. The zero-order chi connectivity index (χ0) is 24.5. The average molecular weight is 473 g/mol. The zero-order valence-electron chi connectivity index (χ0n) is 20.4. The first kappa shape index (κ1) is 25.5. The van der Waals surface area contributed by atoms with Crippen LogP contribution in [0.25, 0.3) is 22.0 Å². The molecule has 2 aromatic carbocycles. The maximum absolute atomic E-state index is 13.6. The van der Waals surface area contributed by atoms with Crippen LogP contribution in [0.5, 0.6) is 0 Å². The SMILES string of the molecule is C=C/C(CC)=C(\C/C=C\C)CN(CCC)C(=O)c1ccc(-c2ccc3cccnc3c2)cc1Cl. The van der Waals surface area contributed by atoms with Crippen LogP contribution < -0.4 is 0 Å². The van der Waals surface area contributed by atoms with Crippen molar-refractivity contribution < 1.29 is 4.79 Å². The third kappa shape index (κ3) is 6.03. The average Bonchev–Trinajstić information content (AvgIpc) is 2.86. The van der Waals surface area contributed by atoms with Gasteiger partial charge in [0.1, 0.15) is 0 Å². The van der Waals surface area contributed by atoms with Gasteiger partial charge in [-0.25, -0.2) is 0 Å². The van der Waals surface area contributed by atoms with Crippen LogP contribution in [-0.2, 0) is 0 Å². The molecule has 3 nitrogen and oxygen atoms in total. The van der Waals surface area contributed by atoms with Crippen LogP contribution >= 0.6 is 11.6 Å². The largest absolute Gasteiger partial charge is 0.335 e. The standard InChI is InChI=1S/C30H33ClN2O/c1-5-9-11-26(22(7-3)8-4)21-33(18-6-2)30(34)27-16-15-24(19-28(27)31)25-14-13-23-12-10-17-32-29(23)20-25/h5,7,9-10,12-17,19-20H,3,6,8,11,18,21H2,1-2,4H3/b9-5-,26-22-. The lowest BCUT2D eigenvalue weighted by molar-refractivity contribution is 0.0769. The number of hydrogen-bond acceptors (Lipinski definition) is 2. The van der Waals surface area contributed by atoms with E-state index in [2.05, 4.69) is 43.6 Å². The molecule has 0 aliphatic rings. The van der Waals surface area contributed by atoms with E-state index in [9.17, 15) is 4.79 Å². The summed E-state index contributed by atoms with van der Waals surface area (Å²) in [6.45, 7) is 11.4. The van der Waals surface area contributed by atoms with Gasteiger partial charge in [-0.2, -0.15) is 0 Å². The van der Waals surface area contributed by atoms with Gasteiger partial charge in [0.25, 0.3) is 5.91 Å². The van der Waals surface area contributed by atoms with Gasteiger partial charge in [0, 0.05) is 24.7 Å². The van der Waals surface area contributed by atoms with Crippen molar-refractivity contribution in [3.05, 3.63) is 101 Å². The Bertz CT molecular complexity index is 1230. The quantitative estimate of drug-likeness (QED) is 0.220. The van der Waals surface area contributed by atoms with E-state index >= 15 is 0 Å². The van der Waals surface area contributed by atoms with Crippen LogP contribution in [0.3, 0.4) is 0 Å². The Balaban J connectivity index is 1.91. The Hall–Kier alpha value is -3.17. The molecule has 0 aliphatic heterocycles. The van der Waals surface area contributed by atoms with Gasteiger partial charge in [0.2, 0.25) is 0 Å². The number of carbonyl (C=O) groups excluding carboxylic acids is 1. The number of pyridine rings is 1. The zero-order valence-corrected chi connectivity index (χ0v) is 21.1. The molecular formula is C30H33ClN2O. The number of hydrogen-bond donors (Lipinski definition) is 0. The molecule has 0 bridgehead atoms. The van der Waals surface area contributed by atoms with Crippen LogP contribution in [-0.4, -0.2) is 28.9 Å². The first-order valence-electron chi connectivity index (χ1n) is 11.9. The van der Waals surface area contributed by atoms with E-state index in [1.54, 1.807) is 6.20 Å². The second kappa shape index (κ2) is 12.3. The van der Waals surface area contributed by atoms with Crippen LogP contribution in [0.4, 0.5) is 0 Å². The van der Waals surface area contributed by atoms with Gasteiger partial charge in [0.05, 0.1) is 16.1 Å². The van der Waals surface area contributed by atoms with E-state index < -0.39 is 0 Å². The highest BCUT2D eigenvalue weighted by atomic mass is 35.5. The Kier molecular flexibility index (Phi) is 9.24. The predicted molar refractivity (Wildman–Crippen MR) is 145 cm³/mol. The highest BCUT2D eigenvalue weighted by Crippen LogP contribution is 2.29. The minimum Gasteiger partial charge on any atom is -0.335 e. The molecule has 1 heterocycles. The third-order valence-electron chi connectivity index (χ3n) is 5.98. The molecule has 0 spiro atoms. The molecule has 1 amide bonds. The Morgan fingerprint density at radius 1 is 1.12 bits per heavy atom. The molecule has 0 unspecified atom stereocenters. The van der Waals surface area contributed by atoms with Crippen molar-refractivity contribution in [3.63, 3.8) is 0 Å². The fourth-order valence-electron chi connectivity index (χ4n) is 4.13. The number of aromatic nitrogens is 1. The van der Waals surface area contributed by atoms with Gasteiger partial charge in [-0.1, -0.05) is 74.5 Å². The molecule has 1 aromatic heterocycles. The van der Waals surface area contributed by atoms with Crippen molar-refractivity contribution in [1.29, 1.82) is 0 Å². The molecule has 4 heteroatoms. The van der Waals surface area contributed by atoms with Crippen molar-refractivity contribution in [3.8, 4) is 11.1 Å². The number of amides is 1. The van der Waals surface area contributed by atoms with Gasteiger partial charge in [0.15, 0.2) is 0 Å². The molecule has 0 radical (unpaired) electrons. The van der Waals surface area contributed by atoms with Crippen molar-refractivity contribution in [1.82, 2.24) is 9.88 Å². The predicted octanol–water partition coefficient (Wildman–Crippen LogP) is 8.27. The van der Waals surface area contributed by atoms with Crippen LogP contribution in [0.15, 0.2) is 90.7 Å². The molecule has 0 saturated carbocycles. The van der Waals surface area contributed by atoms with E-state index in [0.717, 1.165) is 41.3 Å². The molecule has 0 atom stereocenters. The van der Waals surface area contributed by atoms with Crippen molar-refractivity contribution in [2.75, 3.05) is 13.1 Å². The lowest BCUT2D eigenvalue weighted by atomic mass is 10.00. The highest BCUT2D eigenvalue weighted by Gasteiger charge is 2.20. The second-order valence-electron chi connectivity index (χ2n) is 8.29. The number of benzene rings is 2. The van der Waals surface area contributed by atoms with E-state index in [0.29, 0.717) is 23.7 Å². The monoisotopic (exact) mass is 472 g/mol. The molecule has 0 saturated heterocycles. The van der Waals surface area contributed by atoms with Crippen molar-refractivity contribution in [2.24, 2.45) is 0 Å². The van der Waals surface area contributed by atoms with E-state index in [1.165, 1.54) is 11.1 Å². The summed E-state index contributed by atoms with van der Waals surface area (Å²) in [6, 6.07) is 15.8. The van der Waals surface area contributed by atoms with Gasteiger partial charge >= 0.3 is 0 Å². The second-order valence-corrected chi connectivity index (χ2v) is 8.70. The summed E-state index contributed by atoms with van der Waals surface area (Å²) >= 11 is 6.67. The Morgan fingerprint density at radius 3 is 2.56 bits per heavy atom. The van der Waals surface area contributed by atoms with Crippen LogP contribution in [0.2, 0.25) is 5.02 Å². The van der Waals surface area contributed by atoms with Gasteiger partial charge in [-0.05, 0) is 72.7 Å². The fourth-order valence-corrected chi connectivity index (χ4v) is 4.39. The number of fused-ring (bicyclic) bond motifs is 1. The number of carbonyl (C=O) groups is 1. The molecule has 0 fully saturated rings. The number of nitrogens with zero attached hydrogens (tertiary/aromatic N) is 2. The summed E-state index contributed by atoms with van der Waals surface area (Å²) in [5.74, 6) is -0.0453. The lowest BCUT2D eigenvalue weighted by Gasteiger charge is -2.25. The topological polar surface area (TPSA) is 33.2 Å². The smallest absolute Gasteiger partial charge is 0.255 e. The fraction of sp³-hybridized carbons (Fsp3) is 0.267. The number of allylic oxidation sites excluding steroid dienone is 4. The van der Waals surface area contributed by atoms with E-state index in [4.69, 9.17) is 11.6 Å². The maximum atomic E-state index is 13.6. The Morgan fingerprint density at radius 2 is 1.88 bits per heavy atom. The van der Waals surface area contributed by atoms with Crippen LogP contribution in [0, 0.1) is 0 Å². The van der Waals surface area contributed by atoms with Gasteiger partial charge in [-0.3, -0.25) is 9.78 Å². The van der Waals surface area contributed by atoms with Gasteiger partial charge < -0.3 is 4.90 Å². The first-order chi connectivity index (χ1) is 16.5. The molecule has 3 aromatic rings. The number of halogens is 1. The molecule has 0 aliphatic carbocycles. The highest BCUT2D eigenvalue weighted by molar-refractivity contribution is 6.34. The minimum absolute atomic E-state index is 0.0453. The maximum Gasteiger partial charge on any atom is 0.255 e. The normalized spacial score (nSPS) is 12.1.